The van der Waals surface area contributed by atoms with Crippen LogP contribution in [0.1, 0.15) is 43.0 Å². The molecule has 2 aromatic heterocycles. The lowest BCUT2D eigenvalue weighted by Crippen LogP contribution is -2.42. The first-order valence-electron chi connectivity index (χ1n) is 13.7. The molecular weight excluding hydrogens is 655 g/mol. The third kappa shape index (κ3) is 7.83. The van der Waals surface area contributed by atoms with Crippen molar-refractivity contribution < 1.29 is 46.7 Å². The predicted octanol–water partition coefficient (Wildman–Crippen LogP) is 3.80. The van der Waals surface area contributed by atoms with E-state index in [1.165, 1.54) is 32.9 Å². The number of carbonyl (C=O) groups is 1. The molecule has 1 aliphatic rings. The molecule has 5 atom stereocenters. The Morgan fingerprint density at radius 2 is 2.00 bits per heavy atom. The van der Waals surface area contributed by atoms with E-state index in [9.17, 15) is 29.4 Å². The Hall–Kier alpha value is -3.64. The Bertz CT molecular complexity index is 1700. The summed E-state index contributed by atoms with van der Waals surface area (Å²) in [6.07, 6.45) is -5.68. The number of carbonyl (C=O) groups excluding carboxylic acids is 1. The maximum atomic E-state index is 15.0. The van der Waals surface area contributed by atoms with Crippen molar-refractivity contribution in [1.82, 2.24) is 14.6 Å². The summed E-state index contributed by atoms with van der Waals surface area (Å²) in [7, 11) is -4.56. The van der Waals surface area contributed by atoms with E-state index >= 15 is 8.78 Å². The number of esters is 1. The van der Waals surface area contributed by atoms with Gasteiger partial charge in [0.1, 0.15) is 23.6 Å². The number of hydrogen-bond donors (Lipinski definition) is 3. The molecule has 46 heavy (non-hydrogen) atoms. The molecule has 2 unspecified atom stereocenters. The fourth-order valence-electron chi connectivity index (χ4n) is 4.35. The van der Waals surface area contributed by atoms with Gasteiger partial charge in [-0.3, -0.25) is 28.5 Å². The molecule has 0 radical (unpaired) electrons. The highest BCUT2D eigenvalue weighted by molar-refractivity contribution is 7.51. The summed E-state index contributed by atoms with van der Waals surface area (Å²) in [5.41, 5.74) is 4.32. The van der Waals surface area contributed by atoms with E-state index in [2.05, 4.69) is 10.1 Å². The normalized spacial score (nSPS) is 21.4. The van der Waals surface area contributed by atoms with Gasteiger partial charge in [0.15, 0.2) is 6.10 Å². The minimum Gasteiger partial charge on any atom is -0.453 e. The number of anilines is 1. The summed E-state index contributed by atoms with van der Waals surface area (Å²) in [6, 6.07) is 9.37. The summed E-state index contributed by atoms with van der Waals surface area (Å²) in [4.78, 5) is 39.5. The van der Waals surface area contributed by atoms with Crippen molar-refractivity contribution in [2.45, 2.75) is 70.3 Å². The topological polar surface area (TPSA) is 207 Å². The van der Waals surface area contributed by atoms with Crippen LogP contribution in [0.15, 0.2) is 53.5 Å². The lowest BCUT2D eigenvalue weighted by atomic mass is 10.1. The molecule has 0 aliphatic carbocycles. The Morgan fingerprint density at radius 3 is 2.63 bits per heavy atom. The second-order valence-corrected chi connectivity index (χ2v) is 13.7. The van der Waals surface area contributed by atoms with E-state index < -0.39 is 66.9 Å². The van der Waals surface area contributed by atoms with Gasteiger partial charge >= 0.3 is 30.3 Å². The van der Waals surface area contributed by atoms with Gasteiger partial charge in [-0.05, 0) is 51.0 Å². The average molecular weight is 688 g/mol. The number of halogens is 2. The van der Waals surface area contributed by atoms with E-state index in [0.717, 1.165) is 29.2 Å². The van der Waals surface area contributed by atoms with Crippen LogP contribution >= 0.6 is 19.1 Å². The molecule has 15 nitrogen and oxygen atoms in total. The number of nitrogens with zero attached hydrogens (tertiary/aromatic N) is 3. The zero-order chi connectivity index (χ0) is 34.0. The molecule has 1 aromatic carbocycles. The summed E-state index contributed by atoms with van der Waals surface area (Å²) >= 11 is 0.813. The van der Waals surface area contributed by atoms with Gasteiger partial charge in [-0.2, -0.15) is 13.8 Å². The number of nitro groups is 1. The zero-order valence-corrected chi connectivity index (χ0v) is 26.7. The second kappa shape index (κ2) is 13.6. The number of nitrogen functional groups attached to an aromatic ring is 1. The van der Waals surface area contributed by atoms with Crippen molar-refractivity contribution in [2.24, 2.45) is 0 Å². The quantitative estimate of drug-likeness (QED) is 0.101. The van der Waals surface area contributed by atoms with Crippen LogP contribution < -0.4 is 16.5 Å². The van der Waals surface area contributed by atoms with Gasteiger partial charge in [-0.25, -0.2) is 14.4 Å². The standard InChI is InChI=1S/C27H32F2N5O10PS/c1-15-7-5-6-8-17(15)13-41-45(40,32-16(2)23(36)44-26(3,4)19-9-10-21(46-19)34(38)39)42-14-18-22(35)27(28,29)24(43-18)33-12-11-20(30)31-25(33)37/h5-12,16,18,22,24,35H,13-14H2,1-4H3,(H,32,40)(H2,30,31,37)/t16-,18?,22-,24+,45?/m0/s1. The minimum atomic E-state index is -4.56. The number of alkyl halides is 2. The molecule has 4 N–H and O–H groups in total. The highest BCUT2D eigenvalue weighted by Crippen LogP contribution is 2.48. The van der Waals surface area contributed by atoms with E-state index in [0.29, 0.717) is 15.0 Å². The van der Waals surface area contributed by atoms with E-state index in [1.54, 1.807) is 31.2 Å². The first-order valence-corrected chi connectivity index (χ1v) is 16.0. The van der Waals surface area contributed by atoms with Crippen LogP contribution in [0.2, 0.25) is 0 Å². The number of nitrogens with one attached hydrogen (secondary N) is 1. The smallest absolute Gasteiger partial charge is 0.406 e. The Morgan fingerprint density at radius 1 is 1.30 bits per heavy atom. The first kappa shape index (κ1) is 35.2. The largest absolute Gasteiger partial charge is 0.453 e. The Kier molecular flexibility index (Phi) is 10.4. The van der Waals surface area contributed by atoms with Crippen molar-refractivity contribution in [1.29, 1.82) is 0 Å². The van der Waals surface area contributed by atoms with Crippen LogP contribution in [-0.2, 0) is 40.1 Å². The average Bonchev–Trinajstić information content (AvgIpc) is 3.56. The summed E-state index contributed by atoms with van der Waals surface area (Å²) < 4.78 is 66.4. The van der Waals surface area contributed by atoms with Gasteiger partial charge in [-0.1, -0.05) is 35.6 Å². The molecule has 1 saturated heterocycles. The van der Waals surface area contributed by atoms with Crippen LogP contribution in [0, 0.1) is 17.0 Å². The third-order valence-electron chi connectivity index (χ3n) is 6.97. The molecular formula is C27H32F2N5O10PS. The van der Waals surface area contributed by atoms with Gasteiger partial charge in [0.05, 0.1) is 23.0 Å². The molecule has 0 saturated carbocycles. The predicted molar refractivity (Wildman–Crippen MR) is 160 cm³/mol. The number of aromatic nitrogens is 2. The lowest BCUT2D eigenvalue weighted by molar-refractivity contribution is -0.380. The van der Waals surface area contributed by atoms with Crippen LogP contribution in [0.3, 0.4) is 0 Å². The number of thiophene rings is 1. The summed E-state index contributed by atoms with van der Waals surface area (Å²) in [5, 5.41) is 23.8. The number of rotatable bonds is 13. The van der Waals surface area contributed by atoms with Crippen LogP contribution in [0.4, 0.5) is 19.6 Å². The number of aliphatic hydroxyl groups excluding tert-OH is 1. The van der Waals surface area contributed by atoms with Crippen molar-refractivity contribution in [3.8, 4) is 0 Å². The molecule has 19 heteroatoms. The number of benzene rings is 1. The maximum absolute atomic E-state index is 15.0. The maximum Gasteiger partial charge on any atom is 0.406 e. The molecule has 3 aromatic rings. The molecule has 3 heterocycles. The van der Waals surface area contributed by atoms with Crippen molar-refractivity contribution >= 4 is 35.9 Å². The van der Waals surface area contributed by atoms with Crippen molar-refractivity contribution in [3.05, 3.63) is 85.3 Å². The van der Waals surface area contributed by atoms with Gasteiger partial charge < -0.3 is 20.3 Å². The summed E-state index contributed by atoms with van der Waals surface area (Å²) in [5.74, 6) is -5.16. The highest BCUT2D eigenvalue weighted by atomic mass is 32.1. The Labute approximate surface area is 265 Å². The third-order valence-corrected chi connectivity index (χ3v) is 9.97. The first-order chi connectivity index (χ1) is 21.4. The SMILES string of the molecule is Cc1ccccc1COP(=O)(N[C@@H](C)C(=O)OC(C)(C)c1ccc([N+](=O)[O-])s1)OCC1O[C@@H](n2ccc(N)nc2=O)C(F)(F)[C@H]1O. The number of nitrogens with two attached hydrogens (primary N) is 1. The van der Waals surface area contributed by atoms with Crippen LogP contribution in [-0.4, -0.2) is 56.3 Å². The molecule has 250 valence electrons. The highest BCUT2D eigenvalue weighted by Gasteiger charge is 2.60. The van der Waals surface area contributed by atoms with Crippen molar-refractivity contribution in [3.63, 3.8) is 0 Å². The van der Waals surface area contributed by atoms with Gasteiger partial charge in [0, 0.05) is 12.3 Å². The van der Waals surface area contributed by atoms with Gasteiger partial charge in [-0.15, -0.1) is 0 Å². The van der Waals surface area contributed by atoms with Crippen LogP contribution in [0.25, 0.3) is 0 Å². The molecule has 1 fully saturated rings. The number of hydrogen-bond acceptors (Lipinski definition) is 13. The fourth-order valence-corrected chi connectivity index (χ4v) is 6.66. The van der Waals surface area contributed by atoms with E-state index in [1.807, 2.05) is 0 Å². The van der Waals surface area contributed by atoms with Crippen molar-refractivity contribution in [2.75, 3.05) is 12.3 Å². The number of ether oxygens (including phenoxy) is 2. The lowest BCUT2D eigenvalue weighted by Gasteiger charge is -2.28. The number of aliphatic hydroxyl groups is 1. The molecule has 4 rings (SSSR count). The summed E-state index contributed by atoms with van der Waals surface area (Å²) in [6.45, 7) is 4.86. The van der Waals surface area contributed by atoms with Gasteiger partial charge in [0.2, 0.25) is 6.23 Å². The van der Waals surface area contributed by atoms with E-state index in [-0.39, 0.29) is 17.4 Å². The molecule has 1 aliphatic heterocycles. The second-order valence-electron chi connectivity index (χ2n) is 10.9. The van der Waals surface area contributed by atoms with Crippen LogP contribution in [0.5, 0.6) is 0 Å². The monoisotopic (exact) mass is 687 g/mol. The molecule has 0 bridgehead atoms. The van der Waals surface area contributed by atoms with Gasteiger partial charge in [0.25, 0.3) is 0 Å². The zero-order valence-electron chi connectivity index (χ0n) is 25.0. The molecule has 0 spiro atoms. The Balaban J connectivity index is 1.51. The van der Waals surface area contributed by atoms with E-state index in [4.69, 9.17) is 24.3 Å². The molecule has 0 amide bonds. The fraction of sp³-hybridized carbons (Fsp3) is 0.444. The number of aryl methyl sites for hydroxylation is 1. The minimum absolute atomic E-state index is 0.158.